The van der Waals surface area contributed by atoms with Gasteiger partial charge in [0.15, 0.2) is 0 Å². The molecule has 0 unspecified atom stereocenters. The predicted molar refractivity (Wildman–Crippen MR) is 44.8 cm³/mol. The van der Waals surface area contributed by atoms with Gasteiger partial charge >= 0.3 is 0 Å². The van der Waals surface area contributed by atoms with Gasteiger partial charge in [0.2, 0.25) is 5.91 Å². The molecule has 2 aliphatic rings. The monoisotopic (exact) mass is 176 g/mol. The molecule has 0 saturated carbocycles. The Balaban J connectivity index is 0.000000605. The number of carbonyl (C=O) groups is 1. The summed E-state index contributed by atoms with van der Waals surface area (Å²) in [5.74, 6) is 0.262. The van der Waals surface area contributed by atoms with Crippen LogP contribution in [-0.2, 0) is 4.79 Å². The Bertz CT molecular complexity index is 160. The summed E-state index contributed by atoms with van der Waals surface area (Å²) in [5.41, 5.74) is -0.0139. The topological polar surface area (TPSA) is 41.1 Å². The molecule has 2 rings (SSSR count). The van der Waals surface area contributed by atoms with Crippen LogP contribution in [-0.4, -0.2) is 25.5 Å². The number of nitrogens with one attached hydrogen (secondary N) is 2. The Morgan fingerprint density at radius 3 is 2.45 bits per heavy atom. The van der Waals surface area contributed by atoms with Gasteiger partial charge in [-0.3, -0.25) is 4.79 Å². The molecule has 2 saturated heterocycles. The smallest absolute Gasteiger partial charge is 0.227 e. The lowest BCUT2D eigenvalue weighted by Gasteiger charge is -2.16. The predicted octanol–water partition coefficient (Wildman–Crippen LogP) is -0.0922. The molecule has 0 bridgehead atoms. The van der Waals surface area contributed by atoms with Gasteiger partial charge in [0, 0.05) is 13.1 Å². The van der Waals surface area contributed by atoms with E-state index in [1.54, 1.807) is 0 Å². The van der Waals surface area contributed by atoms with Crippen molar-refractivity contribution in [3.05, 3.63) is 0 Å². The van der Waals surface area contributed by atoms with E-state index in [2.05, 4.69) is 10.6 Å². The van der Waals surface area contributed by atoms with Crippen molar-refractivity contribution in [1.82, 2.24) is 10.6 Å². The van der Waals surface area contributed by atoms with E-state index in [-0.39, 0.29) is 23.7 Å². The third-order valence-electron chi connectivity index (χ3n) is 2.61. The first-order valence-corrected chi connectivity index (χ1v) is 3.83. The molecule has 0 aliphatic carbocycles. The highest BCUT2D eigenvalue weighted by atomic mass is 35.5. The number of carbonyl (C=O) groups excluding carboxylic acids is 1. The molecule has 1 atom stereocenters. The largest absolute Gasteiger partial charge is 0.356 e. The molecule has 2 heterocycles. The highest BCUT2D eigenvalue weighted by Gasteiger charge is 2.44. The second kappa shape index (κ2) is 2.99. The second-order valence-corrected chi connectivity index (χ2v) is 3.21. The summed E-state index contributed by atoms with van der Waals surface area (Å²) in [6.45, 7) is 2.77. The van der Waals surface area contributed by atoms with Gasteiger partial charge in [-0.1, -0.05) is 0 Å². The Hall–Kier alpha value is -0.280. The molecule has 64 valence electrons. The number of rotatable bonds is 0. The molecule has 4 heteroatoms. The maximum atomic E-state index is 11.2. The Morgan fingerprint density at radius 2 is 2.00 bits per heavy atom. The van der Waals surface area contributed by atoms with Crippen LogP contribution in [0.2, 0.25) is 0 Å². The fraction of sp³-hybridized carbons (Fsp3) is 0.857. The zero-order chi connectivity index (χ0) is 7.03. The van der Waals surface area contributed by atoms with Gasteiger partial charge < -0.3 is 10.6 Å². The highest BCUT2D eigenvalue weighted by Crippen LogP contribution is 2.32. The Morgan fingerprint density at radius 1 is 1.27 bits per heavy atom. The lowest BCUT2D eigenvalue weighted by atomic mass is 9.86. The molecule has 2 fully saturated rings. The average molecular weight is 177 g/mol. The molecule has 0 aromatic heterocycles. The van der Waals surface area contributed by atoms with Crippen molar-refractivity contribution in [3.63, 3.8) is 0 Å². The van der Waals surface area contributed by atoms with Crippen LogP contribution in [0.1, 0.15) is 12.8 Å². The molecule has 0 aromatic carbocycles. The summed E-state index contributed by atoms with van der Waals surface area (Å²) in [6, 6.07) is 0. The van der Waals surface area contributed by atoms with E-state index in [4.69, 9.17) is 0 Å². The van der Waals surface area contributed by atoms with Gasteiger partial charge in [0.25, 0.3) is 0 Å². The highest BCUT2D eigenvalue weighted by molar-refractivity contribution is 5.85. The lowest BCUT2D eigenvalue weighted by molar-refractivity contribution is -0.126. The first-order valence-electron chi connectivity index (χ1n) is 3.83. The number of amides is 1. The van der Waals surface area contributed by atoms with E-state index < -0.39 is 0 Å². The summed E-state index contributed by atoms with van der Waals surface area (Å²) in [6.07, 6.45) is 2.05. The number of halogens is 1. The fourth-order valence-electron chi connectivity index (χ4n) is 1.87. The van der Waals surface area contributed by atoms with Gasteiger partial charge in [-0.25, -0.2) is 0 Å². The lowest BCUT2D eigenvalue weighted by Crippen LogP contribution is -2.32. The molecule has 2 aliphatic heterocycles. The van der Waals surface area contributed by atoms with Crippen LogP contribution in [0.4, 0.5) is 0 Å². The number of hydrogen-bond acceptors (Lipinski definition) is 2. The van der Waals surface area contributed by atoms with Crippen molar-refractivity contribution in [2.75, 3.05) is 19.6 Å². The minimum absolute atomic E-state index is 0. The Labute approximate surface area is 72.3 Å². The van der Waals surface area contributed by atoms with Crippen molar-refractivity contribution >= 4 is 18.3 Å². The number of hydrogen-bond donors (Lipinski definition) is 2. The first-order chi connectivity index (χ1) is 4.83. The van der Waals surface area contributed by atoms with Gasteiger partial charge in [0.05, 0.1) is 5.41 Å². The SMILES string of the molecule is Cl.O=C1NCC[C@@]12CCNC2. The molecule has 11 heavy (non-hydrogen) atoms. The zero-order valence-electron chi connectivity index (χ0n) is 6.35. The Kier molecular flexibility index (Phi) is 2.40. The average Bonchev–Trinajstić information content (AvgIpc) is 2.48. The first kappa shape index (κ1) is 8.81. The summed E-state index contributed by atoms with van der Waals surface area (Å²) in [5, 5.41) is 6.10. The van der Waals surface area contributed by atoms with E-state index in [1.165, 1.54) is 0 Å². The molecule has 1 amide bonds. The molecule has 2 N–H and O–H groups in total. The fourth-order valence-corrected chi connectivity index (χ4v) is 1.87. The molecule has 1 spiro atoms. The van der Waals surface area contributed by atoms with Crippen LogP contribution in [0, 0.1) is 5.41 Å². The summed E-state index contributed by atoms with van der Waals surface area (Å²) >= 11 is 0. The van der Waals surface area contributed by atoms with Gasteiger partial charge in [-0.05, 0) is 19.4 Å². The van der Waals surface area contributed by atoms with Crippen molar-refractivity contribution in [2.24, 2.45) is 5.41 Å². The van der Waals surface area contributed by atoms with Crippen molar-refractivity contribution in [3.8, 4) is 0 Å². The summed E-state index contributed by atoms with van der Waals surface area (Å²) < 4.78 is 0. The quantitative estimate of drug-likeness (QED) is 0.542. The summed E-state index contributed by atoms with van der Waals surface area (Å²) in [7, 11) is 0. The van der Waals surface area contributed by atoms with Crippen molar-refractivity contribution < 1.29 is 4.79 Å². The van der Waals surface area contributed by atoms with Crippen LogP contribution in [0.3, 0.4) is 0 Å². The van der Waals surface area contributed by atoms with Gasteiger partial charge in [-0.2, -0.15) is 0 Å². The van der Waals surface area contributed by atoms with Crippen LogP contribution in [0.5, 0.6) is 0 Å². The van der Waals surface area contributed by atoms with E-state index in [0.29, 0.717) is 0 Å². The minimum Gasteiger partial charge on any atom is -0.356 e. The second-order valence-electron chi connectivity index (χ2n) is 3.21. The van der Waals surface area contributed by atoms with E-state index in [1.807, 2.05) is 0 Å². The van der Waals surface area contributed by atoms with Crippen molar-refractivity contribution in [1.29, 1.82) is 0 Å². The van der Waals surface area contributed by atoms with E-state index >= 15 is 0 Å². The van der Waals surface area contributed by atoms with E-state index in [0.717, 1.165) is 32.5 Å². The van der Waals surface area contributed by atoms with E-state index in [9.17, 15) is 4.79 Å². The van der Waals surface area contributed by atoms with Crippen LogP contribution in [0.15, 0.2) is 0 Å². The molecule has 0 aromatic rings. The van der Waals surface area contributed by atoms with Crippen LogP contribution < -0.4 is 10.6 Å². The normalized spacial score (nSPS) is 35.5. The minimum atomic E-state index is -0.0139. The molecule has 0 radical (unpaired) electrons. The maximum absolute atomic E-state index is 11.2. The van der Waals surface area contributed by atoms with Crippen LogP contribution >= 0.6 is 12.4 Å². The maximum Gasteiger partial charge on any atom is 0.227 e. The van der Waals surface area contributed by atoms with Gasteiger partial charge in [0.1, 0.15) is 0 Å². The molecule has 3 nitrogen and oxygen atoms in total. The molecular weight excluding hydrogens is 164 g/mol. The third-order valence-corrected chi connectivity index (χ3v) is 2.61. The zero-order valence-corrected chi connectivity index (χ0v) is 7.17. The van der Waals surface area contributed by atoms with Crippen LogP contribution in [0.25, 0.3) is 0 Å². The molecular formula is C7H13ClN2O. The third kappa shape index (κ3) is 1.23. The van der Waals surface area contributed by atoms with Gasteiger partial charge in [-0.15, -0.1) is 12.4 Å². The van der Waals surface area contributed by atoms with Crippen molar-refractivity contribution in [2.45, 2.75) is 12.8 Å². The standard InChI is InChI=1S/C7H12N2O.ClH/c10-6-7(2-4-9-6)1-3-8-5-7;/h8H,1-5H2,(H,9,10);1H/t7-;/m1./s1. The summed E-state index contributed by atoms with van der Waals surface area (Å²) in [4.78, 5) is 11.2.